The van der Waals surface area contributed by atoms with Gasteiger partial charge in [0, 0.05) is 33.1 Å². The molecule has 0 spiro atoms. The van der Waals surface area contributed by atoms with Crippen molar-refractivity contribution in [1.29, 1.82) is 0 Å². The third kappa shape index (κ3) is 2.25. The quantitative estimate of drug-likeness (QED) is 0.563. The van der Waals surface area contributed by atoms with Crippen LogP contribution in [0.25, 0.3) is 10.9 Å². The second-order valence-corrected chi connectivity index (χ2v) is 5.81. The maximum Gasteiger partial charge on any atom is 0.196 e. The Labute approximate surface area is 122 Å². The van der Waals surface area contributed by atoms with E-state index in [0.717, 1.165) is 32.7 Å². The molecule has 0 atom stereocenters. The molecule has 0 amide bonds. The number of carbonyl (C=O) groups is 1. The van der Waals surface area contributed by atoms with Crippen molar-refractivity contribution in [3.8, 4) is 0 Å². The van der Waals surface area contributed by atoms with E-state index in [-0.39, 0.29) is 5.78 Å². The van der Waals surface area contributed by atoms with E-state index in [1.807, 2.05) is 48.5 Å². The van der Waals surface area contributed by atoms with Crippen molar-refractivity contribution >= 4 is 28.4 Å². The van der Waals surface area contributed by atoms with E-state index in [1.165, 1.54) is 0 Å². The molecule has 0 saturated carbocycles. The molecule has 0 aliphatic carbocycles. The van der Waals surface area contributed by atoms with Crippen molar-refractivity contribution < 1.29 is 4.79 Å². The minimum atomic E-state index is 0.0824. The number of aromatic amines is 1. The smallest absolute Gasteiger partial charge is 0.196 e. The van der Waals surface area contributed by atoms with Crippen LogP contribution >= 0.6 is 11.8 Å². The van der Waals surface area contributed by atoms with Crippen LogP contribution in [0.15, 0.2) is 59.6 Å². The lowest BCUT2D eigenvalue weighted by Crippen LogP contribution is -2.02. The molecule has 0 bridgehead atoms. The molecular weight excluding hydrogens is 266 g/mol. The first-order chi connectivity index (χ1) is 9.81. The van der Waals surface area contributed by atoms with Crippen molar-refractivity contribution in [3.63, 3.8) is 0 Å². The summed E-state index contributed by atoms with van der Waals surface area (Å²) < 4.78 is 0. The average molecular weight is 281 g/mol. The highest BCUT2D eigenvalue weighted by Gasteiger charge is 2.16. The number of fused-ring (bicyclic) bond motifs is 1. The SMILES string of the molecule is CCSc1ccccc1C(=O)c1c[nH]c2ccccc12. The third-order valence-electron chi connectivity index (χ3n) is 3.27. The summed E-state index contributed by atoms with van der Waals surface area (Å²) in [5.41, 5.74) is 2.52. The van der Waals surface area contributed by atoms with Gasteiger partial charge in [0.1, 0.15) is 0 Å². The fourth-order valence-electron chi connectivity index (χ4n) is 2.34. The highest BCUT2D eigenvalue weighted by molar-refractivity contribution is 7.99. The molecule has 0 saturated heterocycles. The number of rotatable bonds is 4. The number of ketones is 1. The van der Waals surface area contributed by atoms with Gasteiger partial charge in [0.15, 0.2) is 5.78 Å². The fourth-order valence-corrected chi connectivity index (χ4v) is 3.14. The normalized spacial score (nSPS) is 10.8. The van der Waals surface area contributed by atoms with E-state index < -0.39 is 0 Å². The lowest BCUT2D eigenvalue weighted by Gasteiger charge is -2.06. The second kappa shape index (κ2) is 5.55. The number of para-hydroxylation sites is 1. The number of hydrogen-bond donors (Lipinski definition) is 1. The first kappa shape index (κ1) is 13.0. The van der Waals surface area contributed by atoms with Gasteiger partial charge in [-0.2, -0.15) is 0 Å². The number of aromatic nitrogens is 1. The molecule has 0 fully saturated rings. The summed E-state index contributed by atoms with van der Waals surface area (Å²) >= 11 is 1.70. The van der Waals surface area contributed by atoms with Gasteiger partial charge in [-0.05, 0) is 24.0 Å². The van der Waals surface area contributed by atoms with E-state index in [2.05, 4.69) is 11.9 Å². The van der Waals surface area contributed by atoms with Crippen molar-refractivity contribution in [2.75, 3.05) is 5.75 Å². The predicted molar refractivity (Wildman–Crippen MR) is 84.6 cm³/mol. The van der Waals surface area contributed by atoms with E-state index >= 15 is 0 Å². The zero-order valence-corrected chi connectivity index (χ0v) is 12.0. The van der Waals surface area contributed by atoms with E-state index in [4.69, 9.17) is 0 Å². The van der Waals surface area contributed by atoms with Crippen LogP contribution in [0, 0.1) is 0 Å². The molecular formula is C17H15NOS. The molecule has 2 aromatic carbocycles. The summed E-state index contributed by atoms with van der Waals surface area (Å²) in [7, 11) is 0. The van der Waals surface area contributed by atoms with Gasteiger partial charge in [-0.1, -0.05) is 37.3 Å². The summed E-state index contributed by atoms with van der Waals surface area (Å²) in [5.74, 6) is 1.04. The topological polar surface area (TPSA) is 32.9 Å². The third-order valence-corrected chi connectivity index (χ3v) is 4.22. The largest absolute Gasteiger partial charge is 0.360 e. The number of thioether (sulfide) groups is 1. The molecule has 0 unspecified atom stereocenters. The Kier molecular flexibility index (Phi) is 3.61. The maximum absolute atomic E-state index is 12.8. The molecule has 0 aliphatic heterocycles. The zero-order valence-electron chi connectivity index (χ0n) is 11.2. The van der Waals surface area contributed by atoms with Crippen LogP contribution in [0.3, 0.4) is 0 Å². The van der Waals surface area contributed by atoms with Crippen LogP contribution in [0.2, 0.25) is 0 Å². The van der Waals surface area contributed by atoms with Gasteiger partial charge < -0.3 is 4.98 Å². The second-order valence-electron chi connectivity index (χ2n) is 4.51. The van der Waals surface area contributed by atoms with Crippen LogP contribution in [0.5, 0.6) is 0 Å². The summed E-state index contributed by atoms with van der Waals surface area (Å²) in [5, 5.41) is 0.980. The molecule has 1 N–H and O–H groups in total. The zero-order chi connectivity index (χ0) is 13.9. The Morgan fingerprint density at radius 1 is 1.05 bits per heavy atom. The molecule has 3 heteroatoms. The Balaban J connectivity index is 2.09. The van der Waals surface area contributed by atoms with Crippen molar-refractivity contribution in [1.82, 2.24) is 4.98 Å². The molecule has 3 rings (SSSR count). The standard InChI is InChI=1S/C17H15NOS/c1-2-20-16-10-6-4-8-13(16)17(19)14-11-18-15-9-5-3-7-12(14)15/h3-11,18H,2H2,1H3. The van der Waals surface area contributed by atoms with Crippen molar-refractivity contribution in [2.45, 2.75) is 11.8 Å². The molecule has 20 heavy (non-hydrogen) atoms. The lowest BCUT2D eigenvalue weighted by atomic mass is 10.0. The van der Waals surface area contributed by atoms with Gasteiger partial charge in [0.25, 0.3) is 0 Å². The van der Waals surface area contributed by atoms with Gasteiger partial charge in [0.2, 0.25) is 0 Å². The predicted octanol–water partition coefficient (Wildman–Crippen LogP) is 4.51. The van der Waals surface area contributed by atoms with E-state index in [1.54, 1.807) is 18.0 Å². The van der Waals surface area contributed by atoms with E-state index in [9.17, 15) is 4.79 Å². The molecule has 0 radical (unpaired) electrons. The first-order valence-electron chi connectivity index (χ1n) is 6.64. The van der Waals surface area contributed by atoms with Gasteiger partial charge in [0.05, 0.1) is 0 Å². The molecule has 1 aromatic heterocycles. The monoisotopic (exact) mass is 281 g/mol. The summed E-state index contributed by atoms with van der Waals surface area (Å²) in [6.07, 6.45) is 1.81. The highest BCUT2D eigenvalue weighted by atomic mass is 32.2. The van der Waals surface area contributed by atoms with Crippen LogP contribution in [-0.4, -0.2) is 16.5 Å². The number of hydrogen-bond acceptors (Lipinski definition) is 2. The van der Waals surface area contributed by atoms with Gasteiger partial charge in [-0.3, -0.25) is 4.79 Å². The number of carbonyl (C=O) groups excluding carboxylic acids is 1. The first-order valence-corrected chi connectivity index (χ1v) is 7.62. The van der Waals surface area contributed by atoms with E-state index in [0.29, 0.717) is 0 Å². The number of nitrogens with one attached hydrogen (secondary N) is 1. The lowest BCUT2D eigenvalue weighted by molar-refractivity contribution is 0.103. The molecule has 100 valence electrons. The molecule has 1 heterocycles. The molecule has 3 aromatic rings. The Bertz CT molecular complexity index is 760. The summed E-state index contributed by atoms with van der Waals surface area (Å²) in [6.45, 7) is 2.09. The summed E-state index contributed by atoms with van der Waals surface area (Å²) in [4.78, 5) is 17.0. The Morgan fingerprint density at radius 3 is 2.65 bits per heavy atom. The van der Waals surface area contributed by atoms with Crippen molar-refractivity contribution in [2.24, 2.45) is 0 Å². The minimum Gasteiger partial charge on any atom is -0.360 e. The Morgan fingerprint density at radius 2 is 1.80 bits per heavy atom. The average Bonchev–Trinajstić information content (AvgIpc) is 2.91. The van der Waals surface area contributed by atoms with Crippen LogP contribution in [0.4, 0.5) is 0 Å². The fraction of sp³-hybridized carbons (Fsp3) is 0.118. The number of benzene rings is 2. The minimum absolute atomic E-state index is 0.0824. The van der Waals surface area contributed by atoms with Gasteiger partial charge >= 0.3 is 0 Å². The number of H-pyrrole nitrogens is 1. The molecule has 2 nitrogen and oxygen atoms in total. The molecule has 0 aliphatic rings. The van der Waals surface area contributed by atoms with Crippen LogP contribution in [0.1, 0.15) is 22.8 Å². The van der Waals surface area contributed by atoms with Gasteiger partial charge in [-0.15, -0.1) is 11.8 Å². The van der Waals surface area contributed by atoms with Crippen molar-refractivity contribution in [3.05, 3.63) is 65.9 Å². The summed E-state index contributed by atoms with van der Waals surface area (Å²) in [6, 6.07) is 15.7. The Hall–Kier alpha value is -2.00. The van der Waals surface area contributed by atoms with Crippen LogP contribution in [-0.2, 0) is 0 Å². The highest BCUT2D eigenvalue weighted by Crippen LogP contribution is 2.27. The van der Waals surface area contributed by atoms with Crippen LogP contribution < -0.4 is 0 Å². The van der Waals surface area contributed by atoms with Gasteiger partial charge in [-0.25, -0.2) is 0 Å². The maximum atomic E-state index is 12.8.